The van der Waals surface area contributed by atoms with E-state index in [4.69, 9.17) is 0 Å². The van der Waals surface area contributed by atoms with Crippen molar-refractivity contribution in [3.8, 4) is 0 Å². The standard InChI is InChI=1S/C20H25FN4O3/c1-7-20(4,5)24-19(28)17(26)16-11(2)15(12(3)25(16)6)18(27)23-13-8-9-14(21)22-10-13/h8-10H,7H2,1-6H3,(H,23,27)(H,24,28). The smallest absolute Gasteiger partial charge is 0.294 e. The van der Waals surface area contributed by atoms with Crippen molar-refractivity contribution in [3.05, 3.63) is 46.8 Å². The summed E-state index contributed by atoms with van der Waals surface area (Å²) in [5.74, 6) is -2.54. The third kappa shape index (κ3) is 4.27. The van der Waals surface area contributed by atoms with E-state index in [1.807, 2.05) is 20.8 Å². The van der Waals surface area contributed by atoms with Gasteiger partial charge in [0.15, 0.2) is 0 Å². The molecule has 7 nitrogen and oxygen atoms in total. The largest absolute Gasteiger partial charge is 0.344 e. The van der Waals surface area contributed by atoms with Crippen molar-refractivity contribution in [3.63, 3.8) is 0 Å². The number of ketones is 1. The van der Waals surface area contributed by atoms with E-state index in [0.29, 0.717) is 23.4 Å². The molecule has 0 aliphatic heterocycles. The first-order chi connectivity index (χ1) is 13.0. The fraction of sp³-hybridized carbons (Fsp3) is 0.400. The van der Waals surface area contributed by atoms with Crippen molar-refractivity contribution in [2.75, 3.05) is 5.32 Å². The van der Waals surface area contributed by atoms with Crippen molar-refractivity contribution in [2.24, 2.45) is 7.05 Å². The number of halogens is 1. The summed E-state index contributed by atoms with van der Waals surface area (Å²) in [6.45, 7) is 8.88. The van der Waals surface area contributed by atoms with Crippen molar-refractivity contribution in [1.29, 1.82) is 0 Å². The molecular weight excluding hydrogens is 363 g/mol. The summed E-state index contributed by atoms with van der Waals surface area (Å²) in [6.07, 6.45) is 1.86. The van der Waals surface area contributed by atoms with Crippen LogP contribution in [0.3, 0.4) is 0 Å². The van der Waals surface area contributed by atoms with E-state index in [-0.39, 0.29) is 11.3 Å². The van der Waals surface area contributed by atoms with E-state index < -0.39 is 29.1 Å². The van der Waals surface area contributed by atoms with Crippen LogP contribution >= 0.6 is 0 Å². The summed E-state index contributed by atoms with van der Waals surface area (Å²) in [5, 5.41) is 5.35. The first kappa shape index (κ1) is 21.3. The van der Waals surface area contributed by atoms with E-state index in [2.05, 4.69) is 15.6 Å². The summed E-state index contributed by atoms with van der Waals surface area (Å²) < 4.78 is 14.5. The number of pyridine rings is 1. The van der Waals surface area contributed by atoms with Crippen molar-refractivity contribution >= 4 is 23.3 Å². The van der Waals surface area contributed by atoms with Crippen LogP contribution in [-0.2, 0) is 11.8 Å². The molecule has 2 aromatic rings. The molecule has 0 radical (unpaired) electrons. The summed E-state index contributed by atoms with van der Waals surface area (Å²) in [7, 11) is 1.63. The molecule has 2 amide bonds. The van der Waals surface area contributed by atoms with Crippen molar-refractivity contribution in [2.45, 2.75) is 46.6 Å². The van der Waals surface area contributed by atoms with Gasteiger partial charge in [-0.2, -0.15) is 4.39 Å². The Morgan fingerprint density at radius 1 is 1.21 bits per heavy atom. The number of nitrogens with one attached hydrogen (secondary N) is 2. The molecular formula is C20H25FN4O3. The first-order valence-electron chi connectivity index (χ1n) is 8.94. The highest BCUT2D eigenvalue weighted by molar-refractivity contribution is 6.43. The lowest BCUT2D eigenvalue weighted by atomic mass is 10.0. The number of carbonyl (C=O) groups excluding carboxylic acids is 3. The average molecular weight is 388 g/mol. The van der Waals surface area contributed by atoms with E-state index in [0.717, 1.165) is 6.07 Å². The maximum absolute atomic E-state index is 12.9. The van der Waals surface area contributed by atoms with Crippen LogP contribution in [0.25, 0.3) is 0 Å². The number of amides is 2. The van der Waals surface area contributed by atoms with Crippen LogP contribution in [0, 0.1) is 19.8 Å². The molecule has 8 heteroatoms. The van der Waals surface area contributed by atoms with Gasteiger partial charge in [-0.1, -0.05) is 6.92 Å². The predicted octanol–water partition coefficient (Wildman–Crippen LogP) is 2.92. The molecule has 0 aromatic carbocycles. The fourth-order valence-electron chi connectivity index (χ4n) is 2.84. The van der Waals surface area contributed by atoms with Gasteiger partial charge in [-0.3, -0.25) is 14.4 Å². The molecule has 2 rings (SSSR count). The summed E-state index contributed by atoms with van der Waals surface area (Å²) in [5.41, 5.74) is 1.20. The van der Waals surface area contributed by atoms with Gasteiger partial charge in [-0.05, 0) is 51.8 Å². The normalized spacial score (nSPS) is 11.2. The molecule has 2 N–H and O–H groups in total. The average Bonchev–Trinajstić information content (AvgIpc) is 2.85. The molecule has 0 spiro atoms. The fourth-order valence-corrected chi connectivity index (χ4v) is 2.84. The maximum Gasteiger partial charge on any atom is 0.294 e. The first-order valence-corrected chi connectivity index (χ1v) is 8.94. The Bertz CT molecular complexity index is 930. The van der Waals surface area contributed by atoms with Crippen LogP contribution in [0.1, 0.15) is 59.3 Å². The highest BCUT2D eigenvalue weighted by atomic mass is 19.1. The van der Waals surface area contributed by atoms with E-state index in [1.54, 1.807) is 20.9 Å². The zero-order valence-electron chi connectivity index (χ0n) is 16.9. The van der Waals surface area contributed by atoms with Crippen LogP contribution in [0.5, 0.6) is 0 Å². The Morgan fingerprint density at radius 3 is 2.39 bits per heavy atom. The third-order valence-corrected chi connectivity index (χ3v) is 4.90. The van der Waals surface area contributed by atoms with Crippen molar-refractivity contribution in [1.82, 2.24) is 14.9 Å². The van der Waals surface area contributed by atoms with Crippen LogP contribution in [-0.4, -0.2) is 32.7 Å². The van der Waals surface area contributed by atoms with Gasteiger partial charge >= 0.3 is 0 Å². The molecule has 28 heavy (non-hydrogen) atoms. The molecule has 0 saturated carbocycles. The lowest BCUT2D eigenvalue weighted by Crippen LogP contribution is -2.46. The number of carbonyl (C=O) groups is 3. The molecule has 0 atom stereocenters. The molecule has 0 aliphatic rings. The molecule has 0 bridgehead atoms. The minimum atomic E-state index is -0.717. The molecule has 0 fully saturated rings. The van der Waals surface area contributed by atoms with Gasteiger partial charge in [0.1, 0.15) is 0 Å². The van der Waals surface area contributed by atoms with Crippen molar-refractivity contribution < 1.29 is 18.8 Å². The monoisotopic (exact) mass is 388 g/mol. The Hall–Kier alpha value is -3.03. The minimum absolute atomic E-state index is 0.157. The molecule has 2 aromatic heterocycles. The van der Waals surface area contributed by atoms with E-state index in [9.17, 15) is 18.8 Å². The van der Waals surface area contributed by atoms with Gasteiger partial charge in [-0.15, -0.1) is 0 Å². The zero-order chi connectivity index (χ0) is 21.2. The van der Waals surface area contributed by atoms with Crippen LogP contribution in [0.4, 0.5) is 10.1 Å². The van der Waals surface area contributed by atoms with Gasteiger partial charge in [0.2, 0.25) is 5.95 Å². The zero-order valence-corrected chi connectivity index (χ0v) is 16.9. The Kier molecular flexibility index (Phi) is 6.01. The topological polar surface area (TPSA) is 93.1 Å². The molecule has 150 valence electrons. The number of nitrogens with zero attached hydrogens (tertiary/aromatic N) is 2. The van der Waals surface area contributed by atoms with Gasteiger partial charge in [0, 0.05) is 18.3 Å². The second-order valence-electron chi connectivity index (χ2n) is 7.34. The van der Waals surface area contributed by atoms with Gasteiger partial charge < -0.3 is 15.2 Å². The maximum atomic E-state index is 12.9. The van der Waals surface area contributed by atoms with Crippen LogP contribution < -0.4 is 10.6 Å². The predicted molar refractivity (Wildman–Crippen MR) is 104 cm³/mol. The molecule has 0 saturated heterocycles. The number of aromatic nitrogens is 2. The summed E-state index contributed by atoms with van der Waals surface area (Å²) in [4.78, 5) is 41.4. The lowest BCUT2D eigenvalue weighted by molar-refractivity contribution is -0.118. The molecule has 2 heterocycles. The highest BCUT2D eigenvalue weighted by Gasteiger charge is 2.30. The van der Waals surface area contributed by atoms with Gasteiger partial charge in [0.05, 0.1) is 23.1 Å². The van der Waals surface area contributed by atoms with Gasteiger partial charge in [-0.25, -0.2) is 4.98 Å². The van der Waals surface area contributed by atoms with E-state index >= 15 is 0 Å². The van der Waals surface area contributed by atoms with Crippen LogP contribution in [0.2, 0.25) is 0 Å². The van der Waals surface area contributed by atoms with Gasteiger partial charge in [0.25, 0.3) is 17.6 Å². The number of hydrogen-bond donors (Lipinski definition) is 2. The minimum Gasteiger partial charge on any atom is -0.344 e. The molecule has 0 unspecified atom stereocenters. The van der Waals surface area contributed by atoms with Crippen LogP contribution in [0.15, 0.2) is 18.3 Å². The number of hydrogen-bond acceptors (Lipinski definition) is 4. The Labute approximate surface area is 163 Å². The number of rotatable bonds is 6. The summed E-state index contributed by atoms with van der Waals surface area (Å²) in [6, 6.07) is 2.52. The number of anilines is 1. The second kappa shape index (κ2) is 7.92. The summed E-state index contributed by atoms with van der Waals surface area (Å²) >= 11 is 0. The number of Topliss-reactive ketones (excluding diaryl/α,β-unsaturated/α-hetero) is 1. The Morgan fingerprint density at radius 2 is 1.86 bits per heavy atom. The van der Waals surface area contributed by atoms with E-state index in [1.165, 1.54) is 16.8 Å². The highest BCUT2D eigenvalue weighted by Crippen LogP contribution is 2.23. The SMILES string of the molecule is CCC(C)(C)NC(=O)C(=O)c1c(C)c(C(=O)Nc2ccc(F)nc2)c(C)n1C. The third-order valence-electron chi connectivity index (χ3n) is 4.90. The lowest BCUT2D eigenvalue weighted by Gasteiger charge is -2.24. The molecule has 0 aliphatic carbocycles. The quantitative estimate of drug-likeness (QED) is 0.452. The second-order valence-corrected chi connectivity index (χ2v) is 7.34. The Balaban J connectivity index is 2.34.